The van der Waals surface area contributed by atoms with Crippen molar-refractivity contribution in [3.63, 3.8) is 0 Å². The third-order valence-electron chi connectivity index (χ3n) is 3.40. The van der Waals surface area contributed by atoms with Gasteiger partial charge in [-0.1, -0.05) is 19.3 Å². The number of hydrogen-bond donors (Lipinski definition) is 0. The molecule has 0 unspecified atom stereocenters. The van der Waals surface area contributed by atoms with E-state index in [4.69, 9.17) is 0 Å². The molecule has 0 spiro atoms. The first-order valence-corrected chi connectivity index (χ1v) is 5.55. The zero-order valence-electron chi connectivity index (χ0n) is 8.46. The maximum atomic E-state index is 11.7. The van der Waals surface area contributed by atoms with Gasteiger partial charge in [0.2, 0.25) is 5.91 Å². The van der Waals surface area contributed by atoms with Crippen LogP contribution in [0.4, 0.5) is 0 Å². The molecule has 2 fully saturated rings. The number of nitrogens with zero attached hydrogens (tertiary/aromatic N) is 1. The first-order chi connectivity index (χ1) is 6.29. The third kappa shape index (κ3) is 2.04. The fourth-order valence-corrected chi connectivity index (χ4v) is 2.27. The average Bonchev–Trinajstić information content (AvgIpc) is 3.00. The van der Waals surface area contributed by atoms with E-state index < -0.39 is 0 Å². The van der Waals surface area contributed by atoms with Gasteiger partial charge in [-0.25, -0.2) is 0 Å². The molecule has 0 heterocycles. The second kappa shape index (κ2) is 3.69. The third-order valence-corrected chi connectivity index (χ3v) is 3.40. The lowest BCUT2D eigenvalue weighted by Crippen LogP contribution is -2.39. The van der Waals surface area contributed by atoms with Crippen LogP contribution in [0, 0.1) is 5.92 Å². The molecule has 0 aromatic carbocycles. The molecular formula is C11H19NO. The lowest BCUT2D eigenvalue weighted by Gasteiger charge is -2.31. The predicted octanol–water partition coefficient (Wildman–Crippen LogP) is 2.19. The molecule has 1 amide bonds. The van der Waals surface area contributed by atoms with Crippen LogP contribution in [-0.2, 0) is 4.79 Å². The van der Waals surface area contributed by atoms with Crippen LogP contribution in [0.15, 0.2) is 0 Å². The molecule has 2 aliphatic rings. The molecule has 2 heteroatoms. The molecule has 0 aromatic rings. The van der Waals surface area contributed by atoms with Gasteiger partial charge in [0.05, 0.1) is 0 Å². The van der Waals surface area contributed by atoms with Crippen LogP contribution in [0.3, 0.4) is 0 Å². The molecule has 0 saturated heterocycles. The van der Waals surface area contributed by atoms with Crippen molar-refractivity contribution in [3.05, 3.63) is 0 Å². The van der Waals surface area contributed by atoms with Crippen molar-refractivity contribution in [2.24, 2.45) is 5.92 Å². The highest BCUT2D eigenvalue weighted by molar-refractivity contribution is 5.81. The SMILES string of the molecule is CN(C(=O)C1CC1)C1CCCCC1. The van der Waals surface area contributed by atoms with E-state index in [-0.39, 0.29) is 0 Å². The number of hydrogen-bond acceptors (Lipinski definition) is 1. The Balaban J connectivity index is 1.86. The fourth-order valence-electron chi connectivity index (χ4n) is 2.27. The predicted molar refractivity (Wildman–Crippen MR) is 52.4 cm³/mol. The van der Waals surface area contributed by atoms with E-state index >= 15 is 0 Å². The molecule has 0 atom stereocenters. The van der Waals surface area contributed by atoms with Crippen molar-refractivity contribution < 1.29 is 4.79 Å². The van der Waals surface area contributed by atoms with Gasteiger partial charge in [-0.2, -0.15) is 0 Å². The molecule has 0 aliphatic heterocycles. The molecule has 13 heavy (non-hydrogen) atoms. The topological polar surface area (TPSA) is 20.3 Å². The number of rotatable bonds is 2. The van der Waals surface area contributed by atoms with E-state index in [2.05, 4.69) is 0 Å². The van der Waals surface area contributed by atoms with Crippen LogP contribution in [-0.4, -0.2) is 23.9 Å². The molecular weight excluding hydrogens is 162 g/mol. The maximum Gasteiger partial charge on any atom is 0.225 e. The van der Waals surface area contributed by atoms with Crippen LogP contribution < -0.4 is 0 Å². The molecule has 0 N–H and O–H groups in total. The van der Waals surface area contributed by atoms with Gasteiger partial charge in [-0.3, -0.25) is 4.79 Å². The molecule has 0 aromatic heterocycles. The summed E-state index contributed by atoms with van der Waals surface area (Å²) < 4.78 is 0. The van der Waals surface area contributed by atoms with E-state index in [9.17, 15) is 4.79 Å². The van der Waals surface area contributed by atoms with E-state index in [1.54, 1.807) is 0 Å². The monoisotopic (exact) mass is 181 g/mol. The minimum Gasteiger partial charge on any atom is -0.343 e. The molecule has 74 valence electrons. The summed E-state index contributed by atoms with van der Waals surface area (Å²) in [5.41, 5.74) is 0. The van der Waals surface area contributed by atoms with Gasteiger partial charge in [0.15, 0.2) is 0 Å². The summed E-state index contributed by atoms with van der Waals surface area (Å²) in [6.45, 7) is 0. The second-order valence-corrected chi connectivity index (χ2v) is 4.52. The highest BCUT2D eigenvalue weighted by Crippen LogP contribution is 2.32. The lowest BCUT2D eigenvalue weighted by atomic mass is 9.94. The van der Waals surface area contributed by atoms with Crippen molar-refractivity contribution in [2.75, 3.05) is 7.05 Å². The Kier molecular flexibility index (Phi) is 2.56. The minimum atomic E-state index is 0.395. The van der Waals surface area contributed by atoms with Gasteiger partial charge in [0, 0.05) is 19.0 Å². The summed E-state index contributed by atoms with van der Waals surface area (Å²) in [5.74, 6) is 0.804. The molecule has 2 rings (SSSR count). The summed E-state index contributed by atoms with van der Waals surface area (Å²) in [4.78, 5) is 13.8. The van der Waals surface area contributed by atoms with Crippen molar-refractivity contribution in [2.45, 2.75) is 51.0 Å². The van der Waals surface area contributed by atoms with E-state index in [0.717, 1.165) is 12.8 Å². The van der Waals surface area contributed by atoms with Gasteiger partial charge >= 0.3 is 0 Å². The number of carbonyl (C=O) groups excluding carboxylic acids is 1. The Hall–Kier alpha value is -0.530. The van der Waals surface area contributed by atoms with Gasteiger partial charge < -0.3 is 4.90 Å². The second-order valence-electron chi connectivity index (χ2n) is 4.52. The quantitative estimate of drug-likeness (QED) is 0.639. The highest BCUT2D eigenvalue weighted by Gasteiger charge is 2.34. The Labute approximate surface area is 80.3 Å². The van der Waals surface area contributed by atoms with Crippen LogP contribution in [0.25, 0.3) is 0 Å². The van der Waals surface area contributed by atoms with Gasteiger partial charge in [0.25, 0.3) is 0 Å². The van der Waals surface area contributed by atoms with Crippen molar-refractivity contribution >= 4 is 5.91 Å². The van der Waals surface area contributed by atoms with Crippen molar-refractivity contribution in [3.8, 4) is 0 Å². The standard InChI is InChI=1S/C11H19NO/c1-12(11(13)9-7-8-9)10-5-3-2-4-6-10/h9-10H,2-8H2,1H3. The van der Waals surface area contributed by atoms with E-state index in [0.29, 0.717) is 17.9 Å². The Morgan fingerprint density at radius 1 is 1.08 bits per heavy atom. The largest absolute Gasteiger partial charge is 0.343 e. The van der Waals surface area contributed by atoms with Crippen molar-refractivity contribution in [1.82, 2.24) is 4.90 Å². The van der Waals surface area contributed by atoms with Crippen LogP contribution in [0.1, 0.15) is 44.9 Å². The zero-order valence-corrected chi connectivity index (χ0v) is 8.46. The summed E-state index contributed by atoms with van der Waals surface area (Å²) in [6, 6.07) is 0.557. The fraction of sp³-hybridized carbons (Fsp3) is 0.909. The molecule has 2 nitrogen and oxygen atoms in total. The van der Waals surface area contributed by atoms with E-state index in [1.165, 1.54) is 32.1 Å². The summed E-state index contributed by atoms with van der Waals surface area (Å²) in [7, 11) is 2.00. The molecule has 0 bridgehead atoms. The molecule has 2 aliphatic carbocycles. The Morgan fingerprint density at radius 3 is 2.23 bits per heavy atom. The van der Waals surface area contributed by atoms with E-state index in [1.807, 2.05) is 11.9 Å². The summed E-state index contributed by atoms with van der Waals surface area (Å²) >= 11 is 0. The molecule has 2 saturated carbocycles. The average molecular weight is 181 g/mol. The Bertz CT molecular complexity index is 192. The highest BCUT2D eigenvalue weighted by atomic mass is 16.2. The van der Waals surface area contributed by atoms with Gasteiger partial charge in [-0.05, 0) is 25.7 Å². The summed E-state index contributed by atoms with van der Waals surface area (Å²) in [5, 5.41) is 0. The van der Waals surface area contributed by atoms with Crippen molar-refractivity contribution in [1.29, 1.82) is 0 Å². The van der Waals surface area contributed by atoms with Gasteiger partial charge in [0.1, 0.15) is 0 Å². The summed E-state index contributed by atoms with van der Waals surface area (Å²) in [6.07, 6.45) is 8.72. The Morgan fingerprint density at radius 2 is 1.69 bits per heavy atom. The van der Waals surface area contributed by atoms with Crippen LogP contribution in [0.5, 0.6) is 0 Å². The normalized spacial score (nSPS) is 24.4. The first kappa shape index (κ1) is 9.04. The lowest BCUT2D eigenvalue weighted by molar-refractivity contribution is -0.133. The maximum absolute atomic E-state index is 11.7. The van der Waals surface area contributed by atoms with Crippen LogP contribution >= 0.6 is 0 Å². The molecule has 0 radical (unpaired) electrons. The smallest absolute Gasteiger partial charge is 0.225 e. The number of carbonyl (C=O) groups is 1. The first-order valence-electron chi connectivity index (χ1n) is 5.55. The van der Waals surface area contributed by atoms with Gasteiger partial charge in [-0.15, -0.1) is 0 Å². The number of amides is 1. The zero-order chi connectivity index (χ0) is 9.26. The minimum absolute atomic E-state index is 0.395. The van der Waals surface area contributed by atoms with Crippen LogP contribution in [0.2, 0.25) is 0 Å².